The van der Waals surface area contributed by atoms with Crippen LogP contribution in [0.3, 0.4) is 0 Å². The average molecular weight is 780 g/mol. The van der Waals surface area contributed by atoms with E-state index in [1.165, 1.54) is 19.3 Å². The van der Waals surface area contributed by atoms with Gasteiger partial charge in [-0.3, -0.25) is 0 Å². The topological polar surface area (TPSA) is 46.2 Å². The molecular weight excluding hydrogens is 712 g/mol. The van der Waals surface area contributed by atoms with Crippen LogP contribution in [-0.4, -0.2) is 33.0 Å². The normalized spacial score (nSPS) is 12.1. The molecule has 288 valence electrons. The first-order chi connectivity index (χ1) is 25.5. The molecule has 4 aromatic carbocycles. The SMILES string of the molecule is CCCCCOc1cc2c3cc(Br)c(OCC(CC)CCCC)cc3c3cc(OCCCCC)c(OCCCCC)cc3c2cc1OCCCCC. The molecule has 0 fully saturated rings. The second-order valence-electron chi connectivity index (χ2n) is 14.5. The van der Waals surface area contributed by atoms with Gasteiger partial charge in [-0.15, -0.1) is 0 Å². The summed E-state index contributed by atoms with van der Waals surface area (Å²) in [5.41, 5.74) is 0. The highest BCUT2D eigenvalue weighted by Gasteiger charge is 2.20. The lowest BCUT2D eigenvalue weighted by atomic mass is 9.93. The fraction of sp³-hybridized carbons (Fsp3) is 0.609. The van der Waals surface area contributed by atoms with Crippen molar-refractivity contribution in [2.45, 2.75) is 144 Å². The maximum atomic E-state index is 6.61. The lowest BCUT2D eigenvalue weighted by Gasteiger charge is -2.20. The van der Waals surface area contributed by atoms with E-state index in [9.17, 15) is 0 Å². The third-order valence-corrected chi connectivity index (χ3v) is 10.8. The summed E-state index contributed by atoms with van der Waals surface area (Å²) < 4.78 is 33.6. The summed E-state index contributed by atoms with van der Waals surface area (Å²) in [6, 6.07) is 13.3. The fourth-order valence-corrected chi connectivity index (χ4v) is 7.27. The van der Waals surface area contributed by atoms with E-state index in [1.54, 1.807) is 0 Å². The molecule has 4 aromatic rings. The maximum Gasteiger partial charge on any atom is 0.161 e. The number of hydrogen-bond donors (Lipinski definition) is 0. The van der Waals surface area contributed by atoms with E-state index in [4.69, 9.17) is 23.7 Å². The predicted octanol–water partition coefficient (Wildman–Crippen LogP) is 14.8. The zero-order chi connectivity index (χ0) is 37.1. The molecule has 0 bridgehead atoms. The van der Waals surface area contributed by atoms with E-state index in [0.29, 0.717) is 39.0 Å². The van der Waals surface area contributed by atoms with Gasteiger partial charge in [-0.25, -0.2) is 0 Å². The molecule has 0 saturated carbocycles. The lowest BCUT2D eigenvalue weighted by molar-refractivity contribution is 0.232. The van der Waals surface area contributed by atoms with Crippen molar-refractivity contribution in [3.63, 3.8) is 0 Å². The van der Waals surface area contributed by atoms with Crippen molar-refractivity contribution in [2.24, 2.45) is 5.92 Å². The molecule has 0 saturated heterocycles. The van der Waals surface area contributed by atoms with E-state index in [2.05, 4.69) is 93.9 Å². The number of halogens is 1. The van der Waals surface area contributed by atoms with Crippen molar-refractivity contribution < 1.29 is 23.7 Å². The number of unbranched alkanes of at least 4 members (excludes halogenated alkanes) is 9. The Balaban J connectivity index is 1.95. The third kappa shape index (κ3) is 11.8. The van der Waals surface area contributed by atoms with E-state index in [0.717, 1.165) is 149 Å². The zero-order valence-electron chi connectivity index (χ0n) is 33.3. The van der Waals surface area contributed by atoms with E-state index in [1.807, 2.05) is 0 Å². The molecule has 1 unspecified atom stereocenters. The van der Waals surface area contributed by atoms with Gasteiger partial charge in [0.1, 0.15) is 5.75 Å². The number of fused-ring (bicyclic) bond motifs is 6. The van der Waals surface area contributed by atoms with Gasteiger partial charge in [0.2, 0.25) is 0 Å². The molecule has 0 aliphatic carbocycles. The van der Waals surface area contributed by atoms with Gasteiger partial charge in [0.05, 0.1) is 37.5 Å². The van der Waals surface area contributed by atoms with Gasteiger partial charge < -0.3 is 23.7 Å². The zero-order valence-corrected chi connectivity index (χ0v) is 34.9. The van der Waals surface area contributed by atoms with Crippen molar-refractivity contribution in [1.29, 1.82) is 0 Å². The van der Waals surface area contributed by atoms with Crippen LogP contribution in [0.15, 0.2) is 40.9 Å². The van der Waals surface area contributed by atoms with Crippen molar-refractivity contribution >= 4 is 48.2 Å². The Bertz CT molecular complexity index is 1650. The van der Waals surface area contributed by atoms with E-state index in [-0.39, 0.29) is 0 Å². The highest BCUT2D eigenvalue weighted by atomic mass is 79.9. The molecule has 52 heavy (non-hydrogen) atoms. The van der Waals surface area contributed by atoms with Crippen molar-refractivity contribution in [3.8, 4) is 28.7 Å². The van der Waals surface area contributed by atoms with Crippen molar-refractivity contribution in [1.82, 2.24) is 0 Å². The monoisotopic (exact) mass is 778 g/mol. The number of benzene rings is 4. The van der Waals surface area contributed by atoms with Crippen LogP contribution in [0.25, 0.3) is 32.3 Å². The van der Waals surface area contributed by atoms with E-state index < -0.39 is 0 Å². The van der Waals surface area contributed by atoms with Crippen molar-refractivity contribution in [3.05, 3.63) is 40.9 Å². The molecule has 5 nitrogen and oxygen atoms in total. The molecule has 4 rings (SSSR count). The molecule has 0 N–H and O–H groups in total. The molecule has 6 heteroatoms. The average Bonchev–Trinajstić information content (AvgIpc) is 3.16. The van der Waals surface area contributed by atoms with Crippen LogP contribution in [0, 0.1) is 5.92 Å². The van der Waals surface area contributed by atoms with Gasteiger partial charge >= 0.3 is 0 Å². The highest BCUT2D eigenvalue weighted by Crippen LogP contribution is 2.47. The Morgan fingerprint density at radius 3 is 1.06 bits per heavy atom. The molecular formula is C46H67BrO5. The molecule has 0 aliphatic rings. The second-order valence-corrected chi connectivity index (χ2v) is 15.3. The lowest BCUT2D eigenvalue weighted by Crippen LogP contribution is -2.11. The van der Waals surface area contributed by atoms with Crippen molar-refractivity contribution in [2.75, 3.05) is 33.0 Å². The Morgan fingerprint density at radius 1 is 0.404 bits per heavy atom. The molecule has 0 aromatic heterocycles. The summed E-state index contributed by atoms with van der Waals surface area (Å²) in [6.07, 6.45) is 18.0. The first-order valence-electron chi connectivity index (χ1n) is 20.8. The Hall–Kier alpha value is -2.86. The van der Waals surface area contributed by atoms with Crippen LogP contribution in [0.1, 0.15) is 144 Å². The Labute approximate surface area is 323 Å². The van der Waals surface area contributed by atoms with Crippen LogP contribution in [0.2, 0.25) is 0 Å². The molecule has 0 spiro atoms. The Morgan fingerprint density at radius 2 is 0.731 bits per heavy atom. The van der Waals surface area contributed by atoms with Gasteiger partial charge in [-0.2, -0.15) is 0 Å². The van der Waals surface area contributed by atoms with Gasteiger partial charge in [0.25, 0.3) is 0 Å². The molecule has 0 radical (unpaired) electrons. The third-order valence-electron chi connectivity index (χ3n) is 10.1. The fourth-order valence-electron chi connectivity index (χ4n) is 6.81. The van der Waals surface area contributed by atoms with Gasteiger partial charge in [-0.1, -0.05) is 112 Å². The number of hydrogen-bond acceptors (Lipinski definition) is 5. The summed E-state index contributed by atoms with van der Waals surface area (Å²) in [6.45, 7) is 16.8. The molecule has 1 atom stereocenters. The minimum atomic E-state index is 0.537. The van der Waals surface area contributed by atoms with Gasteiger partial charge in [-0.05, 0) is 123 Å². The standard InChI is InChI=1S/C46H67BrO5/c1-7-13-18-23-48-43-29-37-35-27-41(47)42(52-33-34(12-6)22-17-11-5)28-36(35)38-30-44(49-24-19-14-8-2)46(51-26-21-16-10-4)32-40(38)39(37)31-45(43)50-25-20-15-9-3/h27-32,34H,7-26,33H2,1-6H3. The minimum absolute atomic E-state index is 0.537. The summed E-state index contributed by atoms with van der Waals surface area (Å²) >= 11 is 3.92. The van der Waals surface area contributed by atoms with Crippen LogP contribution in [-0.2, 0) is 0 Å². The highest BCUT2D eigenvalue weighted by molar-refractivity contribution is 9.10. The molecule has 0 amide bonds. The van der Waals surface area contributed by atoms with Crippen LogP contribution >= 0.6 is 15.9 Å². The smallest absolute Gasteiger partial charge is 0.161 e. The van der Waals surface area contributed by atoms with Gasteiger partial charge in [0.15, 0.2) is 23.0 Å². The minimum Gasteiger partial charge on any atom is -0.492 e. The quantitative estimate of drug-likeness (QED) is 0.0446. The first-order valence-corrected chi connectivity index (χ1v) is 21.6. The molecule has 0 heterocycles. The number of ether oxygens (including phenoxy) is 5. The summed E-state index contributed by atoms with van der Waals surface area (Å²) in [5.74, 6) is 4.65. The van der Waals surface area contributed by atoms with Crippen LogP contribution in [0.5, 0.6) is 28.7 Å². The first kappa shape index (κ1) is 41.9. The predicted molar refractivity (Wildman–Crippen MR) is 226 cm³/mol. The number of rotatable bonds is 27. The van der Waals surface area contributed by atoms with Crippen LogP contribution in [0.4, 0.5) is 0 Å². The maximum absolute atomic E-state index is 6.61. The van der Waals surface area contributed by atoms with E-state index >= 15 is 0 Å². The van der Waals surface area contributed by atoms with Crippen LogP contribution < -0.4 is 23.7 Å². The second kappa shape index (κ2) is 23.0. The largest absolute Gasteiger partial charge is 0.492 e. The summed E-state index contributed by atoms with van der Waals surface area (Å²) in [4.78, 5) is 0. The summed E-state index contributed by atoms with van der Waals surface area (Å²) in [7, 11) is 0. The Kier molecular flexibility index (Phi) is 18.6. The summed E-state index contributed by atoms with van der Waals surface area (Å²) in [5, 5.41) is 6.77. The van der Waals surface area contributed by atoms with Gasteiger partial charge in [0, 0.05) is 0 Å². The molecule has 0 aliphatic heterocycles.